The summed E-state index contributed by atoms with van der Waals surface area (Å²) in [5, 5.41) is 2.63. The summed E-state index contributed by atoms with van der Waals surface area (Å²) < 4.78 is 25.7. The number of nitrogens with one attached hydrogen (secondary N) is 1. The van der Waals surface area contributed by atoms with E-state index in [1.165, 1.54) is 17.9 Å². The number of ketones is 1. The number of benzene rings is 2. The topological polar surface area (TPSA) is 91.4 Å². The van der Waals surface area contributed by atoms with Gasteiger partial charge in [0.05, 0.1) is 31.6 Å². The number of carbonyl (C=O) groups excluding carboxylic acids is 3. The fourth-order valence-corrected chi connectivity index (χ4v) is 5.33. The first-order valence-corrected chi connectivity index (χ1v) is 12.5. The number of ether oxygens (including phenoxy) is 2. The van der Waals surface area contributed by atoms with Crippen LogP contribution in [0.4, 0.5) is 20.6 Å². The van der Waals surface area contributed by atoms with Gasteiger partial charge in [0, 0.05) is 51.1 Å². The van der Waals surface area contributed by atoms with Gasteiger partial charge in [0.15, 0.2) is 5.78 Å². The minimum atomic E-state index is -0.557. The molecule has 37 heavy (non-hydrogen) atoms. The summed E-state index contributed by atoms with van der Waals surface area (Å²) in [5.74, 6) is 0.270. The fourth-order valence-electron chi connectivity index (χ4n) is 5.33. The van der Waals surface area contributed by atoms with E-state index in [-0.39, 0.29) is 30.7 Å². The van der Waals surface area contributed by atoms with E-state index < -0.39 is 18.0 Å². The summed E-state index contributed by atoms with van der Waals surface area (Å²) >= 11 is 0. The molecule has 2 aromatic rings. The van der Waals surface area contributed by atoms with Crippen molar-refractivity contribution in [2.45, 2.75) is 19.4 Å². The lowest BCUT2D eigenvalue weighted by Crippen LogP contribution is -2.48. The molecule has 2 saturated heterocycles. The van der Waals surface area contributed by atoms with Crippen molar-refractivity contribution in [3.05, 3.63) is 53.3 Å². The second-order valence-electron chi connectivity index (χ2n) is 9.77. The maximum atomic E-state index is 15.1. The molecule has 0 spiro atoms. The Morgan fingerprint density at radius 2 is 1.92 bits per heavy atom. The summed E-state index contributed by atoms with van der Waals surface area (Å²) in [6.07, 6.45) is -0.321. The van der Waals surface area contributed by atoms with Crippen LogP contribution in [0.1, 0.15) is 22.8 Å². The highest BCUT2D eigenvalue weighted by molar-refractivity contribution is 6.02. The summed E-state index contributed by atoms with van der Waals surface area (Å²) in [4.78, 5) is 41.9. The maximum absolute atomic E-state index is 15.1. The fraction of sp³-hybridized carbons (Fsp3) is 0.444. The Balaban J connectivity index is 1.16. The van der Waals surface area contributed by atoms with Gasteiger partial charge in [0.1, 0.15) is 17.7 Å². The second kappa shape index (κ2) is 10.4. The van der Waals surface area contributed by atoms with Crippen LogP contribution in [0.15, 0.2) is 36.4 Å². The maximum Gasteiger partial charge on any atom is 0.414 e. The molecule has 5 rings (SSSR count). The van der Waals surface area contributed by atoms with Gasteiger partial charge in [-0.05, 0) is 48.4 Å². The Bertz CT molecular complexity index is 1210. The zero-order valence-corrected chi connectivity index (χ0v) is 21.0. The van der Waals surface area contributed by atoms with Crippen LogP contribution in [-0.4, -0.2) is 81.7 Å². The summed E-state index contributed by atoms with van der Waals surface area (Å²) in [7, 11) is 1.62. The third-order valence-corrected chi connectivity index (χ3v) is 7.30. The summed E-state index contributed by atoms with van der Waals surface area (Å²) in [6, 6.07) is 10.4. The van der Waals surface area contributed by atoms with E-state index >= 15 is 4.39 Å². The molecule has 1 aliphatic carbocycles. The van der Waals surface area contributed by atoms with Gasteiger partial charge in [-0.15, -0.1) is 0 Å². The molecule has 2 fully saturated rings. The largest absolute Gasteiger partial charge is 0.497 e. The Kier molecular flexibility index (Phi) is 7.01. The minimum absolute atomic E-state index is 0.0700. The number of methoxy groups -OCH3 is 1. The predicted molar refractivity (Wildman–Crippen MR) is 136 cm³/mol. The van der Waals surface area contributed by atoms with E-state index in [0.29, 0.717) is 37.4 Å². The third kappa shape index (κ3) is 5.24. The van der Waals surface area contributed by atoms with E-state index in [1.54, 1.807) is 19.2 Å². The number of Topliss-reactive ketones (excluding diaryl/α,β-unsaturated/α-hetero) is 1. The number of nitrogens with zero attached hydrogens (tertiary/aromatic N) is 3. The molecule has 196 valence electrons. The van der Waals surface area contributed by atoms with Crippen LogP contribution in [0.2, 0.25) is 0 Å². The van der Waals surface area contributed by atoms with Gasteiger partial charge in [-0.3, -0.25) is 19.4 Å². The number of piperazine rings is 1. The lowest BCUT2D eigenvalue weighted by Gasteiger charge is -2.37. The van der Waals surface area contributed by atoms with Crippen molar-refractivity contribution in [1.29, 1.82) is 0 Å². The van der Waals surface area contributed by atoms with Crippen LogP contribution in [0, 0.1) is 11.7 Å². The van der Waals surface area contributed by atoms with Crippen molar-refractivity contribution in [3.63, 3.8) is 0 Å². The van der Waals surface area contributed by atoms with Gasteiger partial charge >= 0.3 is 6.09 Å². The Morgan fingerprint density at radius 1 is 1.14 bits per heavy atom. The highest BCUT2D eigenvalue weighted by Crippen LogP contribution is 2.32. The van der Waals surface area contributed by atoms with Crippen molar-refractivity contribution in [3.8, 4) is 5.75 Å². The molecule has 0 radical (unpaired) electrons. The monoisotopic (exact) mass is 510 g/mol. The van der Waals surface area contributed by atoms with E-state index in [9.17, 15) is 14.4 Å². The quantitative estimate of drug-likeness (QED) is 0.612. The summed E-state index contributed by atoms with van der Waals surface area (Å²) in [6.45, 7) is 5.28. The highest BCUT2D eigenvalue weighted by Gasteiger charge is 2.34. The van der Waals surface area contributed by atoms with E-state index in [1.807, 2.05) is 23.1 Å². The molecule has 0 saturated carbocycles. The van der Waals surface area contributed by atoms with E-state index in [2.05, 4.69) is 10.2 Å². The molecule has 9 nitrogen and oxygen atoms in total. The standard InChI is InChI=1S/C27H31FN4O5/c1-17(33)29-14-22-16-32(27(35)37-22)20-3-6-25(24(28)13-20)31-9-7-30(8-10-31)15-19-11-18-12-21(36-2)4-5-23(18)26(19)34/h3-6,12-13,19,22H,7-11,14-16H2,1-2H3,(H,29,33)/t19-,22-/m0/s1. The number of fused-ring (bicyclic) bond motifs is 1. The Morgan fingerprint density at radius 3 is 2.62 bits per heavy atom. The lowest BCUT2D eigenvalue weighted by molar-refractivity contribution is -0.119. The SMILES string of the molecule is COc1ccc2c(c1)C[C@@H](CN1CCN(c3ccc(N4C[C@H](CNC(C)=O)OC4=O)cc3F)CC1)C2=O. The Hall–Kier alpha value is -3.66. The molecule has 2 aliphatic heterocycles. The van der Waals surface area contributed by atoms with Gasteiger partial charge in [-0.2, -0.15) is 0 Å². The van der Waals surface area contributed by atoms with Crippen LogP contribution < -0.4 is 19.9 Å². The van der Waals surface area contributed by atoms with Crippen molar-refractivity contribution in [1.82, 2.24) is 10.2 Å². The van der Waals surface area contributed by atoms with Gasteiger partial charge in [0.25, 0.3) is 0 Å². The first kappa shape index (κ1) is 25.0. The van der Waals surface area contributed by atoms with Crippen LogP contribution in [0.25, 0.3) is 0 Å². The molecule has 10 heteroatoms. The van der Waals surface area contributed by atoms with Crippen molar-refractivity contribution >= 4 is 29.2 Å². The van der Waals surface area contributed by atoms with Crippen molar-refractivity contribution < 1.29 is 28.2 Å². The molecule has 0 unspecified atom stereocenters. The van der Waals surface area contributed by atoms with Crippen LogP contribution in [0.5, 0.6) is 5.75 Å². The normalized spacial score (nSPS) is 21.7. The number of rotatable bonds is 7. The van der Waals surface area contributed by atoms with Crippen LogP contribution >= 0.6 is 0 Å². The molecule has 3 aliphatic rings. The molecular weight excluding hydrogens is 479 g/mol. The molecule has 2 amide bonds. The Labute approximate surface area is 215 Å². The predicted octanol–water partition coefficient (Wildman–Crippen LogP) is 2.47. The van der Waals surface area contributed by atoms with E-state index in [0.717, 1.165) is 30.0 Å². The van der Waals surface area contributed by atoms with Crippen molar-refractivity contribution in [2.75, 3.05) is 62.7 Å². The molecule has 2 atom stereocenters. The van der Waals surface area contributed by atoms with Crippen LogP contribution in [0.3, 0.4) is 0 Å². The number of carbonyl (C=O) groups is 3. The van der Waals surface area contributed by atoms with Crippen molar-refractivity contribution in [2.24, 2.45) is 5.92 Å². The number of hydrogen-bond donors (Lipinski definition) is 1. The molecular formula is C27H31FN4O5. The zero-order valence-electron chi connectivity index (χ0n) is 21.0. The number of amides is 2. The smallest absolute Gasteiger partial charge is 0.414 e. The molecule has 2 heterocycles. The second-order valence-corrected chi connectivity index (χ2v) is 9.77. The number of halogens is 1. The molecule has 1 N–H and O–H groups in total. The van der Waals surface area contributed by atoms with Gasteiger partial charge in [0.2, 0.25) is 5.91 Å². The van der Waals surface area contributed by atoms with Gasteiger partial charge in [-0.1, -0.05) is 0 Å². The number of anilines is 2. The molecule has 0 bridgehead atoms. The van der Waals surface area contributed by atoms with E-state index in [4.69, 9.17) is 9.47 Å². The zero-order chi connectivity index (χ0) is 26.1. The third-order valence-electron chi connectivity index (χ3n) is 7.30. The molecule has 0 aromatic heterocycles. The lowest BCUT2D eigenvalue weighted by atomic mass is 10.0. The number of hydrogen-bond acceptors (Lipinski definition) is 7. The highest BCUT2D eigenvalue weighted by atomic mass is 19.1. The average molecular weight is 511 g/mol. The number of cyclic esters (lactones) is 1. The van der Waals surface area contributed by atoms with Gasteiger partial charge < -0.3 is 19.7 Å². The first-order valence-electron chi connectivity index (χ1n) is 12.5. The minimum Gasteiger partial charge on any atom is -0.497 e. The van der Waals surface area contributed by atoms with Gasteiger partial charge in [-0.25, -0.2) is 9.18 Å². The average Bonchev–Trinajstić information content (AvgIpc) is 3.41. The summed E-state index contributed by atoms with van der Waals surface area (Å²) in [5.41, 5.74) is 2.74. The molecule has 2 aromatic carbocycles. The van der Waals surface area contributed by atoms with Crippen LogP contribution in [-0.2, 0) is 16.0 Å². The first-order chi connectivity index (χ1) is 17.8.